The minimum atomic E-state index is -0.133. The first-order chi connectivity index (χ1) is 52.1. The molecule has 4 aliphatic rings. The van der Waals surface area contributed by atoms with Crippen LogP contribution in [0.15, 0.2) is 121 Å². The number of H-pyrrole nitrogens is 4. The summed E-state index contributed by atoms with van der Waals surface area (Å²) in [5.74, 6) is 7.27. The van der Waals surface area contributed by atoms with Gasteiger partial charge in [-0.05, 0) is 154 Å². The zero-order valence-corrected chi connectivity index (χ0v) is 65.6. The molecule has 0 saturated heterocycles. The molecule has 16 bridgehead atoms. The maximum absolute atomic E-state index is 6.55. The SMILES string of the molecule is CC(C)(C)COc1ccc2c(c1)-c1nc-2nc2[nH]c(nc3nc(nc4[nH]c(n1)c1ccc(OCC(C)(C)C)cc41)-c1cc(OCC(C)(C)C)ccc1-3)c1cc3c4nc5nc(nc6[nH]c(nc7nc(nc([nH]4)c3cc21)-c1cc(OCC(C)(C)C)ccc1-7)c1ccc(OCC(C)(C)C)cc61)-c1ccc(OCC(C)(C)C)cc1-5. The van der Waals surface area contributed by atoms with Gasteiger partial charge in [0.25, 0.3) is 0 Å². The summed E-state index contributed by atoms with van der Waals surface area (Å²) in [4.78, 5) is 80.1. The summed E-state index contributed by atoms with van der Waals surface area (Å²) in [6, 6.07) is 40.0. The molecule has 17 rings (SSSR count). The van der Waals surface area contributed by atoms with Gasteiger partial charge in [-0.1, -0.05) is 125 Å². The molecule has 4 aliphatic heterocycles. The van der Waals surface area contributed by atoms with Crippen LogP contribution in [0.3, 0.4) is 0 Å². The first kappa shape index (κ1) is 71.0. The van der Waals surface area contributed by atoms with Gasteiger partial charge in [0, 0.05) is 87.6 Å². The first-order valence-electron chi connectivity index (χ1n) is 37.5. The molecule has 0 fully saturated rings. The molecule has 0 amide bonds. The highest BCUT2D eigenvalue weighted by molar-refractivity contribution is 6.18. The van der Waals surface area contributed by atoms with Crippen LogP contribution in [-0.4, -0.2) is 119 Å². The van der Waals surface area contributed by atoms with Gasteiger partial charge < -0.3 is 48.4 Å². The van der Waals surface area contributed by atoms with Crippen LogP contribution in [0, 0.1) is 32.5 Å². The standard InChI is InChI=1S/C88H90N16O6/c1-83(2,3)39-105-45-19-25-51-57(31-45)73-90-67(51)89-68-52-26-20-47(107-41-85(7,8)9)33-59(52)77(91-68)101-81-65-37-63-64(38-66(65)82(104-81)102-78-62-36-50(110-44-88(16,17)18)23-29-55(62)70(92-73)96-78)80-99-72-56-30-24-49(109-43-87(13,14)15)35-61(56)76(97-72)100-75-60-34-48(108-42-86(10,11)12)22-28-54(60)69(95-75)93-74-58-32-46(106-40-84(4,5)6)21-27-53(58)71(94-74)98-79(63)103-80/h19-38H,39-44H2,1-18H3,(H2,89,90,91,92,96,101,102,104)(H2,93,94,95,97,98,99,100,103). The van der Waals surface area contributed by atoms with Gasteiger partial charge in [0.05, 0.1) is 39.6 Å². The molecule has 22 nitrogen and oxygen atoms in total. The van der Waals surface area contributed by atoms with E-state index >= 15 is 0 Å². The van der Waals surface area contributed by atoms with Crippen molar-refractivity contribution in [2.24, 2.45) is 32.5 Å². The molecule has 0 aliphatic carbocycles. The van der Waals surface area contributed by atoms with Gasteiger partial charge in [-0.2, -0.15) is 0 Å². The number of fused-ring (bicyclic) bond motifs is 40. The molecule has 110 heavy (non-hydrogen) atoms. The molecule has 0 unspecified atom stereocenters. The largest absolute Gasteiger partial charge is 0.493 e. The predicted molar refractivity (Wildman–Crippen MR) is 435 cm³/mol. The van der Waals surface area contributed by atoms with Gasteiger partial charge in [0.1, 0.15) is 79.7 Å². The van der Waals surface area contributed by atoms with Crippen LogP contribution in [0.5, 0.6) is 34.5 Å². The van der Waals surface area contributed by atoms with Gasteiger partial charge in [-0.15, -0.1) is 0 Å². The second kappa shape index (κ2) is 25.9. The van der Waals surface area contributed by atoms with Crippen molar-refractivity contribution in [2.75, 3.05) is 39.6 Å². The zero-order valence-electron chi connectivity index (χ0n) is 65.6. The third-order valence-electron chi connectivity index (χ3n) is 18.6. The van der Waals surface area contributed by atoms with Crippen molar-refractivity contribution in [3.8, 4) is 126 Å². The van der Waals surface area contributed by atoms with Crippen LogP contribution < -0.4 is 28.4 Å². The van der Waals surface area contributed by atoms with E-state index in [1.807, 2.05) is 109 Å². The Kier molecular flexibility index (Phi) is 16.7. The maximum atomic E-state index is 6.55. The Morgan fingerprint density at radius 2 is 0.364 bits per heavy atom. The van der Waals surface area contributed by atoms with Gasteiger partial charge in [-0.3, -0.25) is 0 Å². The van der Waals surface area contributed by atoms with E-state index in [4.69, 9.17) is 88.2 Å². The average molecular weight is 1470 g/mol. The number of hydrogen-bond acceptors (Lipinski definition) is 18. The van der Waals surface area contributed by atoms with E-state index in [2.05, 4.69) is 157 Å². The summed E-state index contributed by atoms with van der Waals surface area (Å²) in [7, 11) is 0. The van der Waals surface area contributed by atoms with Crippen LogP contribution >= 0.6 is 0 Å². The lowest BCUT2D eigenvalue weighted by molar-refractivity contribution is 0.198. The van der Waals surface area contributed by atoms with Crippen LogP contribution in [0.4, 0.5) is 0 Å². The van der Waals surface area contributed by atoms with Gasteiger partial charge in [0.2, 0.25) is 0 Å². The molecule has 4 N–H and O–H groups in total. The third kappa shape index (κ3) is 14.3. The van der Waals surface area contributed by atoms with E-state index in [0.29, 0.717) is 199 Å². The average Bonchev–Trinajstić information content (AvgIpc) is 1.58. The number of ether oxygens (including phenoxy) is 6. The molecular weight excluding hydrogens is 1380 g/mol. The topological polar surface area (TPSA) is 273 Å². The van der Waals surface area contributed by atoms with Crippen molar-refractivity contribution in [3.05, 3.63) is 121 Å². The van der Waals surface area contributed by atoms with E-state index in [-0.39, 0.29) is 32.5 Å². The Hall–Kier alpha value is -11.9. The highest BCUT2D eigenvalue weighted by Gasteiger charge is 2.30. The third-order valence-corrected chi connectivity index (χ3v) is 18.6. The van der Waals surface area contributed by atoms with Crippen molar-refractivity contribution < 1.29 is 28.4 Å². The van der Waals surface area contributed by atoms with Crippen LogP contribution in [0.1, 0.15) is 125 Å². The van der Waals surface area contributed by atoms with Crippen molar-refractivity contribution in [2.45, 2.75) is 125 Å². The van der Waals surface area contributed by atoms with Crippen LogP contribution in [0.25, 0.3) is 179 Å². The number of hydrogen-bond donors (Lipinski definition) is 4. The van der Waals surface area contributed by atoms with Crippen LogP contribution in [0.2, 0.25) is 0 Å². The predicted octanol–water partition coefficient (Wildman–Crippen LogP) is 20.6. The molecule has 0 radical (unpaired) electrons. The summed E-state index contributed by atoms with van der Waals surface area (Å²) in [5.41, 5.74) is 9.01. The fourth-order valence-electron chi connectivity index (χ4n) is 13.3. The minimum Gasteiger partial charge on any atom is -0.493 e. The Balaban J connectivity index is 0.980. The molecule has 0 saturated carbocycles. The number of nitrogens with zero attached hydrogens (tertiary/aromatic N) is 12. The van der Waals surface area contributed by atoms with E-state index in [0.717, 1.165) is 54.9 Å². The lowest BCUT2D eigenvalue weighted by Gasteiger charge is -2.19. The molecule has 7 aromatic carbocycles. The molecule has 558 valence electrons. The molecule has 0 spiro atoms. The number of nitrogens with one attached hydrogen (secondary N) is 4. The van der Waals surface area contributed by atoms with E-state index in [9.17, 15) is 0 Å². The summed E-state index contributed by atoms with van der Waals surface area (Å²) in [6.07, 6.45) is 0. The zero-order chi connectivity index (χ0) is 76.9. The number of benzene rings is 7. The first-order valence-corrected chi connectivity index (χ1v) is 37.5. The summed E-state index contributed by atoms with van der Waals surface area (Å²) in [6.45, 7) is 41.5. The van der Waals surface area contributed by atoms with E-state index < -0.39 is 0 Å². The van der Waals surface area contributed by atoms with Crippen molar-refractivity contribution >= 4 is 88.3 Å². The number of aromatic amines is 4. The quantitative estimate of drug-likeness (QED) is 0.0885. The van der Waals surface area contributed by atoms with Gasteiger partial charge in [0.15, 0.2) is 46.6 Å². The Morgan fingerprint density at radius 1 is 0.191 bits per heavy atom. The fourth-order valence-corrected chi connectivity index (χ4v) is 13.3. The van der Waals surface area contributed by atoms with Crippen LogP contribution in [-0.2, 0) is 0 Å². The van der Waals surface area contributed by atoms with Crippen molar-refractivity contribution in [3.63, 3.8) is 0 Å². The van der Waals surface area contributed by atoms with Gasteiger partial charge >= 0.3 is 0 Å². The number of rotatable bonds is 12. The smallest absolute Gasteiger partial charge is 0.164 e. The van der Waals surface area contributed by atoms with Crippen molar-refractivity contribution in [1.29, 1.82) is 0 Å². The Morgan fingerprint density at radius 3 is 0.573 bits per heavy atom. The summed E-state index contributed by atoms with van der Waals surface area (Å²) >= 11 is 0. The molecule has 10 heterocycles. The Bertz CT molecular complexity index is 6350. The van der Waals surface area contributed by atoms with E-state index in [1.54, 1.807) is 0 Å². The summed E-state index contributed by atoms with van der Waals surface area (Å²) < 4.78 is 39.1. The highest BCUT2D eigenvalue weighted by atomic mass is 16.5. The monoisotopic (exact) mass is 1470 g/mol. The van der Waals surface area contributed by atoms with Gasteiger partial charge in [-0.25, -0.2) is 59.8 Å². The molecular formula is C88H90N16O6. The normalized spacial score (nSPS) is 13.0. The molecule has 13 aromatic rings. The summed E-state index contributed by atoms with van der Waals surface area (Å²) in [5, 5.41) is 5.88. The second-order valence-corrected chi connectivity index (χ2v) is 36.5. The maximum Gasteiger partial charge on any atom is 0.164 e. The Labute approximate surface area is 636 Å². The lowest BCUT2D eigenvalue weighted by Crippen LogP contribution is -2.16. The molecule has 22 heteroatoms. The minimum absolute atomic E-state index is 0.0971. The molecule has 6 aromatic heterocycles. The molecule has 0 atom stereocenters. The van der Waals surface area contributed by atoms with Crippen molar-refractivity contribution in [1.82, 2.24) is 79.7 Å². The number of aromatic nitrogens is 16. The lowest BCUT2D eigenvalue weighted by atomic mass is 9.98. The second-order valence-electron chi connectivity index (χ2n) is 36.5. The van der Waals surface area contributed by atoms with E-state index in [1.165, 1.54) is 0 Å². The highest BCUT2D eigenvalue weighted by Crippen LogP contribution is 2.45. The fraction of sp³-hybridized carbons (Fsp3) is 0.341.